The number of rotatable bonds is 7. The molecule has 0 saturated carbocycles. The van der Waals surface area contributed by atoms with Crippen molar-refractivity contribution in [2.24, 2.45) is 0 Å². The first kappa shape index (κ1) is 17.3. The molecule has 1 unspecified atom stereocenters. The summed E-state index contributed by atoms with van der Waals surface area (Å²) in [6, 6.07) is 15.2. The van der Waals surface area contributed by atoms with E-state index in [1.54, 1.807) is 6.07 Å². The molecular formula is C18H22ClN2O2+. The van der Waals surface area contributed by atoms with Gasteiger partial charge in [-0.25, -0.2) is 0 Å². The Bertz CT molecular complexity index is 647. The van der Waals surface area contributed by atoms with E-state index in [1.165, 1.54) is 0 Å². The normalized spacial score (nSPS) is 11.8. The molecule has 2 aromatic carbocycles. The lowest BCUT2D eigenvalue weighted by molar-refractivity contribution is -0.871. The molecule has 122 valence electrons. The summed E-state index contributed by atoms with van der Waals surface area (Å²) in [5.74, 6) is 0.807. The molecule has 1 amide bonds. The zero-order valence-electron chi connectivity index (χ0n) is 13.4. The van der Waals surface area contributed by atoms with Crippen molar-refractivity contribution in [1.29, 1.82) is 0 Å². The second-order valence-electron chi connectivity index (χ2n) is 5.56. The van der Waals surface area contributed by atoms with Gasteiger partial charge in [-0.15, -0.1) is 0 Å². The van der Waals surface area contributed by atoms with Crippen LogP contribution in [-0.4, -0.2) is 32.7 Å². The van der Waals surface area contributed by atoms with E-state index in [2.05, 4.69) is 5.32 Å². The van der Waals surface area contributed by atoms with Gasteiger partial charge < -0.3 is 15.0 Å². The number of hydrogen-bond acceptors (Lipinski definition) is 2. The number of benzene rings is 2. The molecule has 0 saturated heterocycles. The number of anilines is 1. The number of para-hydroxylation sites is 1. The highest BCUT2D eigenvalue weighted by molar-refractivity contribution is 6.31. The molecular weight excluding hydrogens is 312 g/mol. The van der Waals surface area contributed by atoms with Crippen LogP contribution in [0.2, 0.25) is 5.02 Å². The fourth-order valence-electron chi connectivity index (χ4n) is 2.10. The standard InChI is InChI=1S/C18H21ClN2O2/c1-14-8-9-15(12-17(14)19)20-18(22)13-21(2)10-11-23-16-6-4-3-5-7-16/h3-9,12H,10-11,13H2,1-2H3,(H,20,22)/p+1. The van der Waals surface area contributed by atoms with Crippen molar-refractivity contribution in [2.75, 3.05) is 32.1 Å². The topological polar surface area (TPSA) is 42.8 Å². The van der Waals surface area contributed by atoms with Crippen molar-refractivity contribution in [3.8, 4) is 5.75 Å². The Kier molecular flexibility index (Phi) is 6.44. The van der Waals surface area contributed by atoms with Crippen molar-refractivity contribution in [2.45, 2.75) is 6.92 Å². The third-order valence-electron chi connectivity index (χ3n) is 3.46. The average Bonchev–Trinajstić information content (AvgIpc) is 2.52. The van der Waals surface area contributed by atoms with Crippen LogP contribution in [0.5, 0.6) is 5.75 Å². The van der Waals surface area contributed by atoms with Gasteiger partial charge in [-0.2, -0.15) is 0 Å². The molecule has 0 fully saturated rings. The van der Waals surface area contributed by atoms with Crippen LogP contribution in [0.1, 0.15) is 5.56 Å². The number of hydrogen-bond donors (Lipinski definition) is 2. The molecule has 5 heteroatoms. The molecule has 0 aromatic heterocycles. The number of carbonyl (C=O) groups is 1. The maximum absolute atomic E-state index is 12.0. The van der Waals surface area contributed by atoms with Crippen LogP contribution in [0.15, 0.2) is 48.5 Å². The van der Waals surface area contributed by atoms with E-state index in [1.807, 2.05) is 56.4 Å². The first-order chi connectivity index (χ1) is 11.0. The summed E-state index contributed by atoms with van der Waals surface area (Å²) in [6.45, 7) is 3.62. The smallest absolute Gasteiger partial charge is 0.279 e. The van der Waals surface area contributed by atoms with Crippen LogP contribution >= 0.6 is 11.6 Å². The molecule has 4 nitrogen and oxygen atoms in total. The zero-order valence-corrected chi connectivity index (χ0v) is 14.2. The maximum atomic E-state index is 12.0. The van der Waals surface area contributed by atoms with Crippen molar-refractivity contribution in [3.63, 3.8) is 0 Å². The number of carbonyl (C=O) groups excluding carboxylic acids is 1. The van der Waals surface area contributed by atoms with E-state index in [0.717, 1.165) is 28.4 Å². The maximum Gasteiger partial charge on any atom is 0.279 e. The summed E-state index contributed by atoms with van der Waals surface area (Å²) in [4.78, 5) is 13.1. The lowest BCUT2D eigenvalue weighted by Crippen LogP contribution is -3.10. The number of halogens is 1. The molecule has 0 aliphatic heterocycles. The fourth-order valence-corrected chi connectivity index (χ4v) is 2.28. The van der Waals surface area contributed by atoms with Gasteiger partial charge >= 0.3 is 0 Å². The number of nitrogens with one attached hydrogen (secondary N) is 2. The van der Waals surface area contributed by atoms with Gasteiger partial charge in [0.1, 0.15) is 18.9 Å². The summed E-state index contributed by atoms with van der Waals surface area (Å²) in [5, 5.41) is 3.52. The summed E-state index contributed by atoms with van der Waals surface area (Å²) in [6.07, 6.45) is 0. The van der Waals surface area contributed by atoms with Gasteiger partial charge in [0.15, 0.2) is 6.54 Å². The highest BCUT2D eigenvalue weighted by atomic mass is 35.5. The minimum Gasteiger partial charge on any atom is -0.488 e. The highest BCUT2D eigenvalue weighted by Crippen LogP contribution is 2.19. The molecule has 0 radical (unpaired) electrons. The number of ether oxygens (including phenoxy) is 1. The van der Waals surface area contributed by atoms with Crippen LogP contribution in [0.3, 0.4) is 0 Å². The third kappa shape index (κ3) is 5.93. The molecule has 1 atom stereocenters. The van der Waals surface area contributed by atoms with Crippen molar-refractivity contribution < 1.29 is 14.4 Å². The Hall–Kier alpha value is -2.04. The van der Waals surface area contributed by atoms with E-state index < -0.39 is 0 Å². The Labute approximate surface area is 142 Å². The van der Waals surface area contributed by atoms with Crippen LogP contribution in [0, 0.1) is 6.92 Å². The minimum absolute atomic E-state index is 0.0397. The van der Waals surface area contributed by atoms with Gasteiger partial charge in [0.25, 0.3) is 5.91 Å². The largest absolute Gasteiger partial charge is 0.488 e. The lowest BCUT2D eigenvalue weighted by atomic mass is 10.2. The van der Waals surface area contributed by atoms with Gasteiger partial charge in [0, 0.05) is 10.7 Å². The van der Waals surface area contributed by atoms with E-state index in [-0.39, 0.29) is 5.91 Å². The molecule has 2 rings (SSSR count). The summed E-state index contributed by atoms with van der Waals surface area (Å²) in [7, 11) is 1.97. The zero-order chi connectivity index (χ0) is 16.7. The first-order valence-electron chi connectivity index (χ1n) is 7.60. The predicted molar refractivity (Wildman–Crippen MR) is 93.4 cm³/mol. The third-order valence-corrected chi connectivity index (χ3v) is 3.87. The van der Waals surface area contributed by atoms with Gasteiger partial charge in [0.2, 0.25) is 0 Å². The Morgan fingerprint density at radius 1 is 1.22 bits per heavy atom. The van der Waals surface area contributed by atoms with E-state index in [0.29, 0.717) is 18.2 Å². The fraction of sp³-hybridized carbons (Fsp3) is 0.278. The van der Waals surface area contributed by atoms with Crippen molar-refractivity contribution >= 4 is 23.2 Å². The van der Waals surface area contributed by atoms with Gasteiger partial charge in [-0.05, 0) is 36.8 Å². The molecule has 23 heavy (non-hydrogen) atoms. The van der Waals surface area contributed by atoms with Crippen molar-refractivity contribution in [1.82, 2.24) is 0 Å². The summed E-state index contributed by atoms with van der Waals surface area (Å²) < 4.78 is 5.64. The number of quaternary nitrogens is 1. The Morgan fingerprint density at radius 3 is 2.65 bits per heavy atom. The molecule has 2 N–H and O–H groups in total. The van der Waals surface area contributed by atoms with Crippen LogP contribution in [0.4, 0.5) is 5.69 Å². The molecule has 0 spiro atoms. The Morgan fingerprint density at radius 2 is 1.96 bits per heavy atom. The molecule has 0 heterocycles. The second-order valence-corrected chi connectivity index (χ2v) is 5.96. The quantitative estimate of drug-likeness (QED) is 0.815. The number of likely N-dealkylation sites (N-methyl/N-ethyl adjacent to an activating group) is 1. The number of aryl methyl sites for hydroxylation is 1. The number of amides is 1. The first-order valence-corrected chi connectivity index (χ1v) is 7.97. The van der Waals surface area contributed by atoms with Gasteiger partial charge in [-0.1, -0.05) is 35.9 Å². The predicted octanol–water partition coefficient (Wildman–Crippen LogP) is 2.18. The van der Waals surface area contributed by atoms with Gasteiger partial charge in [0.05, 0.1) is 7.05 Å². The van der Waals surface area contributed by atoms with Crippen LogP contribution in [-0.2, 0) is 4.79 Å². The monoisotopic (exact) mass is 333 g/mol. The Balaban J connectivity index is 1.72. The second kappa shape index (κ2) is 8.56. The van der Waals surface area contributed by atoms with E-state index >= 15 is 0 Å². The minimum atomic E-state index is -0.0397. The van der Waals surface area contributed by atoms with Crippen LogP contribution in [0.25, 0.3) is 0 Å². The highest BCUT2D eigenvalue weighted by Gasteiger charge is 2.10. The van der Waals surface area contributed by atoms with Crippen molar-refractivity contribution in [3.05, 3.63) is 59.1 Å². The summed E-state index contributed by atoms with van der Waals surface area (Å²) >= 11 is 6.06. The average molecular weight is 334 g/mol. The molecule has 0 aliphatic carbocycles. The van der Waals surface area contributed by atoms with E-state index in [9.17, 15) is 4.79 Å². The van der Waals surface area contributed by atoms with Crippen LogP contribution < -0.4 is 15.0 Å². The molecule has 0 bridgehead atoms. The van der Waals surface area contributed by atoms with Gasteiger partial charge in [-0.3, -0.25) is 4.79 Å². The lowest BCUT2D eigenvalue weighted by Gasteiger charge is -2.14. The molecule has 0 aliphatic rings. The summed E-state index contributed by atoms with van der Waals surface area (Å²) in [5.41, 5.74) is 1.71. The molecule has 2 aromatic rings. The van der Waals surface area contributed by atoms with E-state index in [4.69, 9.17) is 16.3 Å². The SMILES string of the molecule is Cc1ccc(NC(=O)C[NH+](C)CCOc2ccccc2)cc1Cl.